The molecular formula is C17H30NO11P. The zero-order valence-corrected chi connectivity index (χ0v) is 18.2. The first-order valence-corrected chi connectivity index (χ1v) is 9.89. The number of ether oxygens (including phenoxy) is 2. The number of aromatic hydroxyl groups is 2. The van der Waals surface area contributed by atoms with Gasteiger partial charge in [-0.1, -0.05) is 6.07 Å². The minimum atomic E-state index is -4.64. The molecule has 9 N–H and O–H groups in total. The fourth-order valence-corrected chi connectivity index (χ4v) is 1.81. The summed E-state index contributed by atoms with van der Waals surface area (Å²) in [5.41, 5.74) is 4.42. The van der Waals surface area contributed by atoms with E-state index in [1.54, 1.807) is 20.8 Å². The Morgan fingerprint density at radius 2 is 1.47 bits per heavy atom. The molecule has 174 valence electrons. The largest absolute Gasteiger partial charge is 0.504 e. The molecule has 30 heavy (non-hydrogen) atoms. The summed E-state index contributed by atoms with van der Waals surface area (Å²) < 4.78 is 19.0. The summed E-state index contributed by atoms with van der Waals surface area (Å²) in [5.74, 6) is -1.80. The van der Waals surface area contributed by atoms with Crippen molar-refractivity contribution >= 4 is 19.8 Å². The average molecular weight is 455 g/mol. The van der Waals surface area contributed by atoms with Gasteiger partial charge in [0.05, 0.1) is 5.41 Å². The Kier molecular flexibility index (Phi) is 11.2. The molecule has 0 bridgehead atoms. The lowest BCUT2D eigenvalue weighted by atomic mass is 9.94. The summed E-state index contributed by atoms with van der Waals surface area (Å²) in [6.07, 6.45) is -1.00. The second-order valence-electron chi connectivity index (χ2n) is 7.56. The van der Waals surface area contributed by atoms with Crippen molar-refractivity contribution in [3.8, 4) is 11.5 Å². The number of carbonyl (C=O) groups excluding carboxylic acids is 2. The molecule has 1 rings (SSSR count). The van der Waals surface area contributed by atoms with E-state index >= 15 is 0 Å². The lowest BCUT2D eigenvalue weighted by Gasteiger charge is -2.26. The lowest BCUT2D eigenvalue weighted by Crippen LogP contribution is -2.49. The van der Waals surface area contributed by atoms with Gasteiger partial charge in [0.25, 0.3) is 0 Å². The van der Waals surface area contributed by atoms with Crippen LogP contribution < -0.4 is 5.73 Å². The molecule has 0 saturated carbocycles. The van der Waals surface area contributed by atoms with Crippen molar-refractivity contribution in [1.82, 2.24) is 0 Å². The van der Waals surface area contributed by atoms with Gasteiger partial charge in [-0.05, 0) is 45.4 Å². The SMILES string of the molecule is CC(OC(=O)C(C)(C)C)OC(=O)C(C)(N)Cc1ccc(O)c(O)c1.O.O=P(O)(O)O. The van der Waals surface area contributed by atoms with Gasteiger partial charge in [-0.3, -0.25) is 4.79 Å². The highest BCUT2D eigenvalue weighted by molar-refractivity contribution is 7.45. The third-order valence-corrected chi connectivity index (χ3v) is 3.24. The molecule has 0 amide bonds. The maximum absolute atomic E-state index is 12.2. The predicted octanol–water partition coefficient (Wildman–Crippen LogP) is 0.0829. The van der Waals surface area contributed by atoms with E-state index in [9.17, 15) is 19.8 Å². The molecule has 1 aromatic rings. The van der Waals surface area contributed by atoms with Gasteiger partial charge in [0.15, 0.2) is 11.5 Å². The Bertz CT molecular complexity index is 759. The Morgan fingerprint density at radius 1 is 1.03 bits per heavy atom. The highest BCUT2D eigenvalue weighted by Gasteiger charge is 2.33. The quantitative estimate of drug-likeness (QED) is 0.151. The van der Waals surface area contributed by atoms with E-state index in [4.69, 9.17) is 34.5 Å². The molecule has 2 unspecified atom stereocenters. The summed E-state index contributed by atoms with van der Waals surface area (Å²) >= 11 is 0. The molecule has 0 fully saturated rings. The minimum absolute atomic E-state index is 0. The average Bonchev–Trinajstić information content (AvgIpc) is 2.47. The number of hydrogen-bond donors (Lipinski definition) is 6. The van der Waals surface area contributed by atoms with Gasteiger partial charge in [-0.2, -0.15) is 0 Å². The number of nitrogens with two attached hydrogens (primary N) is 1. The summed E-state index contributed by atoms with van der Waals surface area (Å²) in [4.78, 5) is 45.5. The van der Waals surface area contributed by atoms with Crippen molar-refractivity contribution in [3.05, 3.63) is 23.8 Å². The zero-order chi connectivity index (χ0) is 23.2. The smallest absolute Gasteiger partial charge is 0.466 e. The first-order valence-electron chi connectivity index (χ1n) is 8.33. The van der Waals surface area contributed by atoms with Gasteiger partial charge in [-0.15, -0.1) is 0 Å². The molecule has 0 aliphatic carbocycles. The molecule has 0 saturated heterocycles. The Morgan fingerprint density at radius 3 is 1.87 bits per heavy atom. The van der Waals surface area contributed by atoms with E-state index in [0.29, 0.717) is 5.56 Å². The van der Waals surface area contributed by atoms with Crippen molar-refractivity contribution in [2.75, 3.05) is 0 Å². The summed E-state index contributed by atoms with van der Waals surface area (Å²) in [6, 6.07) is 4.16. The molecule has 0 heterocycles. The van der Waals surface area contributed by atoms with Gasteiger partial charge < -0.3 is 45.6 Å². The first kappa shape index (κ1) is 30.0. The summed E-state index contributed by atoms with van der Waals surface area (Å²) in [5, 5.41) is 18.8. The maximum atomic E-state index is 12.2. The maximum Gasteiger partial charge on any atom is 0.466 e. The molecule has 0 aromatic heterocycles. The second-order valence-corrected chi connectivity index (χ2v) is 8.59. The first-order chi connectivity index (χ1) is 12.8. The van der Waals surface area contributed by atoms with Crippen molar-refractivity contribution < 1.29 is 54.0 Å². The van der Waals surface area contributed by atoms with E-state index in [2.05, 4.69) is 0 Å². The standard InChI is InChI=1S/C17H25NO6.H3O4P.H2O/c1-10(23-14(21)16(2,3)4)24-15(22)17(5,18)9-11-6-7-12(19)13(20)8-11;1-5(2,3)4;/h6-8,10,19-20H,9,18H2,1-5H3;(H3,1,2,3,4);1H2. The Labute approximate surface area is 173 Å². The molecule has 0 aliphatic heterocycles. The molecule has 12 nitrogen and oxygen atoms in total. The molecule has 13 heteroatoms. The number of hydrogen-bond acceptors (Lipinski definition) is 8. The van der Waals surface area contributed by atoms with Crippen LogP contribution in [-0.4, -0.2) is 54.1 Å². The van der Waals surface area contributed by atoms with Crippen LogP contribution in [0.5, 0.6) is 11.5 Å². The monoisotopic (exact) mass is 455 g/mol. The van der Waals surface area contributed by atoms with Crippen LogP contribution in [0.15, 0.2) is 18.2 Å². The highest BCUT2D eigenvalue weighted by atomic mass is 31.2. The van der Waals surface area contributed by atoms with E-state index < -0.39 is 37.0 Å². The van der Waals surface area contributed by atoms with Crippen LogP contribution in [0, 0.1) is 5.41 Å². The van der Waals surface area contributed by atoms with Crippen molar-refractivity contribution in [3.63, 3.8) is 0 Å². The van der Waals surface area contributed by atoms with Crippen LogP contribution in [0.3, 0.4) is 0 Å². The predicted molar refractivity (Wildman–Crippen MR) is 105 cm³/mol. The summed E-state index contributed by atoms with van der Waals surface area (Å²) in [7, 11) is -4.64. The molecule has 0 aliphatic rings. The molecular weight excluding hydrogens is 425 g/mol. The van der Waals surface area contributed by atoms with E-state index in [1.807, 2.05) is 0 Å². The van der Waals surface area contributed by atoms with Gasteiger partial charge >= 0.3 is 19.8 Å². The molecule has 1 aromatic carbocycles. The zero-order valence-electron chi connectivity index (χ0n) is 17.3. The van der Waals surface area contributed by atoms with Crippen LogP contribution in [0.1, 0.15) is 40.2 Å². The third kappa shape index (κ3) is 12.4. The fourth-order valence-electron chi connectivity index (χ4n) is 1.81. The molecule has 2 atom stereocenters. The fraction of sp³-hybridized carbons (Fsp3) is 0.529. The van der Waals surface area contributed by atoms with E-state index in [-0.39, 0.29) is 23.4 Å². The Balaban J connectivity index is 0. The number of rotatable bonds is 5. The number of phenolic OH excluding ortho intramolecular Hbond substituents is 2. The van der Waals surface area contributed by atoms with Crippen molar-refractivity contribution in [1.29, 1.82) is 0 Å². The van der Waals surface area contributed by atoms with Gasteiger partial charge in [0.2, 0.25) is 6.29 Å². The van der Waals surface area contributed by atoms with E-state index in [0.717, 1.165) is 0 Å². The van der Waals surface area contributed by atoms with Crippen LogP contribution in [0.2, 0.25) is 0 Å². The number of carbonyl (C=O) groups is 2. The van der Waals surface area contributed by atoms with Gasteiger partial charge in [0, 0.05) is 13.3 Å². The molecule has 0 spiro atoms. The topological polar surface area (TPSA) is 228 Å². The van der Waals surface area contributed by atoms with Gasteiger partial charge in [0.1, 0.15) is 5.54 Å². The minimum Gasteiger partial charge on any atom is -0.504 e. The third-order valence-electron chi connectivity index (χ3n) is 3.24. The number of phenols is 2. The van der Waals surface area contributed by atoms with Crippen molar-refractivity contribution in [2.45, 2.75) is 52.9 Å². The van der Waals surface area contributed by atoms with Crippen LogP contribution in [-0.2, 0) is 30.0 Å². The van der Waals surface area contributed by atoms with E-state index in [1.165, 1.54) is 32.0 Å². The number of phosphoric acid groups is 1. The van der Waals surface area contributed by atoms with Gasteiger partial charge in [-0.25, -0.2) is 9.36 Å². The Hall–Kier alpha value is -2.21. The number of esters is 2. The second kappa shape index (κ2) is 11.3. The highest BCUT2D eigenvalue weighted by Crippen LogP contribution is 2.27. The van der Waals surface area contributed by atoms with Crippen molar-refractivity contribution in [2.24, 2.45) is 11.1 Å². The lowest BCUT2D eigenvalue weighted by molar-refractivity contribution is -0.193. The number of benzene rings is 1. The van der Waals surface area contributed by atoms with Crippen LogP contribution in [0.25, 0.3) is 0 Å². The van der Waals surface area contributed by atoms with Crippen LogP contribution in [0.4, 0.5) is 0 Å². The normalized spacial score (nSPS) is 14.2. The van der Waals surface area contributed by atoms with Crippen LogP contribution >= 0.6 is 7.82 Å². The molecule has 0 radical (unpaired) electrons. The summed E-state index contributed by atoms with van der Waals surface area (Å²) in [6.45, 7) is 7.97.